The van der Waals surface area contributed by atoms with Crippen LogP contribution in [0, 0.1) is 11.7 Å². The van der Waals surface area contributed by atoms with Gasteiger partial charge >= 0.3 is 0 Å². The molecule has 0 aliphatic heterocycles. The van der Waals surface area contributed by atoms with Gasteiger partial charge in [0.25, 0.3) is 0 Å². The highest BCUT2D eigenvalue weighted by molar-refractivity contribution is 6.31. The van der Waals surface area contributed by atoms with Crippen molar-refractivity contribution in [2.24, 2.45) is 5.92 Å². The molecule has 2 unspecified atom stereocenters. The summed E-state index contributed by atoms with van der Waals surface area (Å²) >= 11 is 6.10. The molecule has 1 fully saturated rings. The van der Waals surface area contributed by atoms with Gasteiger partial charge in [-0.3, -0.25) is 0 Å². The molecule has 0 amide bonds. The Morgan fingerprint density at radius 1 is 1.41 bits per heavy atom. The van der Waals surface area contributed by atoms with E-state index in [0.717, 1.165) is 12.0 Å². The van der Waals surface area contributed by atoms with Crippen LogP contribution in [-0.2, 0) is 6.42 Å². The maximum Gasteiger partial charge on any atom is 0.123 e. The van der Waals surface area contributed by atoms with Gasteiger partial charge in [0.1, 0.15) is 5.82 Å². The summed E-state index contributed by atoms with van der Waals surface area (Å²) in [6, 6.07) is 5.26. The largest absolute Gasteiger partial charge is 0.317 e. The topological polar surface area (TPSA) is 12.0 Å². The zero-order valence-corrected chi connectivity index (χ0v) is 10.9. The summed E-state index contributed by atoms with van der Waals surface area (Å²) in [7, 11) is 2.02. The normalized spacial score (nSPS) is 24.9. The van der Waals surface area contributed by atoms with E-state index >= 15 is 0 Å². The standard InChI is InChI=1S/C14H19ClFN/c1-17-13-4-2-3-10(8-13)7-11-9-12(16)5-6-14(11)15/h5-6,9-10,13,17H,2-4,7-8H2,1H3. The molecule has 2 rings (SSSR count). The van der Waals surface area contributed by atoms with E-state index in [1.807, 2.05) is 7.05 Å². The van der Waals surface area contributed by atoms with Gasteiger partial charge in [-0.05, 0) is 56.0 Å². The highest BCUT2D eigenvalue weighted by Crippen LogP contribution is 2.29. The van der Waals surface area contributed by atoms with Crippen molar-refractivity contribution in [3.8, 4) is 0 Å². The number of rotatable bonds is 3. The first-order chi connectivity index (χ1) is 8.19. The Balaban J connectivity index is 2.02. The third-order valence-corrected chi connectivity index (χ3v) is 4.08. The summed E-state index contributed by atoms with van der Waals surface area (Å²) in [4.78, 5) is 0. The van der Waals surface area contributed by atoms with Gasteiger partial charge in [-0.15, -0.1) is 0 Å². The van der Waals surface area contributed by atoms with E-state index in [0.29, 0.717) is 17.0 Å². The molecule has 17 heavy (non-hydrogen) atoms. The van der Waals surface area contributed by atoms with Gasteiger partial charge in [-0.2, -0.15) is 0 Å². The number of nitrogens with one attached hydrogen (secondary N) is 1. The summed E-state index contributed by atoms with van der Waals surface area (Å²) in [5.74, 6) is 0.436. The number of hydrogen-bond donors (Lipinski definition) is 1. The van der Waals surface area contributed by atoms with Crippen molar-refractivity contribution in [1.82, 2.24) is 5.32 Å². The van der Waals surface area contributed by atoms with E-state index in [4.69, 9.17) is 11.6 Å². The first kappa shape index (κ1) is 12.8. The number of benzene rings is 1. The van der Waals surface area contributed by atoms with Crippen molar-refractivity contribution in [3.05, 3.63) is 34.6 Å². The molecule has 0 saturated heterocycles. The van der Waals surface area contributed by atoms with Crippen LogP contribution in [0.5, 0.6) is 0 Å². The van der Waals surface area contributed by atoms with Crippen LogP contribution >= 0.6 is 11.6 Å². The van der Waals surface area contributed by atoms with E-state index in [1.165, 1.54) is 31.7 Å². The predicted octanol–water partition coefficient (Wildman–Crippen LogP) is 3.80. The molecular weight excluding hydrogens is 237 g/mol. The summed E-state index contributed by atoms with van der Waals surface area (Å²) in [5.41, 5.74) is 0.952. The molecule has 0 aromatic heterocycles. The lowest BCUT2D eigenvalue weighted by molar-refractivity contribution is 0.294. The Morgan fingerprint density at radius 3 is 3.00 bits per heavy atom. The van der Waals surface area contributed by atoms with E-state index < -0.39 is 0 Å². The molecule has 0 radical (unpaired) electrons. The zero-order valence-electron chi connectivity index (χ0n) is 10.2. The lowest BCUT2D eigenvalue weighted by atomic mass is 9.82. The summed E-state index contributed by atoms with van der Waals surface area (Å²) in [5, 5.41) is 4.03. The van der Waals surface area contributed by atoms with Crippen molar-refractivity contribution in [2.45, 2.75) is 38.1 Å². The summed E-state index contributed by atoms with van der Waals surface area (Å²) in [6.45, 7) is 0. The highest BCUT2D eigenvalue weighted by atomic mass is 35.5. The van der Waals surface area contributed by atoms with Gasteiger partial charge in [0.15, 0.2) is 0 Å². The van der Waals surface area contributed by atoms with Crippen LogP contribution in [0.1, 0.15) is 31.2 Å². The van der Waals surface area contributed by atoms with Crippen molar-refractivity contribution in [3.63, 3.8) is 0 Å². The van der Waals surface area contributed by atoms with Crippen LogP contribution in [0.4, 0.5) is 4.39 Å². The molecule has 1 aliphatic carbocycles. The van der Waals surface area contributed by atoms with E-state index in [9.17, 15) is 4.39 Å². The Labute approximate surface area is 107 Å². The van der Waals surface area contributed by atoms with Crippen LogP contribution in [0.25, 0.3) is 0 Å². The Hall–Kier alpha value is -0.600. The van der Waals surface area contributed by atoms with Crippen LogP contribution in [0.3, 0.4) is 0 Å². The quantitative estimate of drug-likeness (QED) is 0.866. The smallest absolute Gasteiger partial charge is 0.123 e. The SMILES string of the molecule is CNC1CCCC(Cc2cc(F)ccc2Cl)C1. The average molecular weight is 256 g/mol. The number of hydrogen-bond acceptors (Lipinski definition) is 1. The minimum Gasteiger partial charge on any atom is -0.317 e. The second-order valence-electron chi connectivity index (χ2n) is 4.96. The molecule has 2 atom stereocenters. The molecule has 1 saturated carbocycles. The molecule has 3 heteroatoms. The van der Waals surface area contributed by atoms with Crippen LogP contribution in [-0.4, -0.2) is 13.1 Å². The molecule has 94 valence electrons. The van der Waals surface area contributed by atoms with Gasteiger partial charge in [0.05, 0.1) is 0 Å². The lowest BCUT2D eigenvalue weighted by Gasteiger charge is -2.29. The molecule has 0 heterocycles. The van der Waals surface area contributed by atoms with Crippen molar-refractivity contribution >= 4 is 11.6 Å². The first-order valence-electron chi connectivity index (χ1n) is 6.30. The molecule has 1 aromatic rings. The monoisotopic (exact) mass is 255 g/mol. The van der Waals surface area contributed by atoms with E-state index in [2.05, 4.69) is 5.32 Å². The summed E-state index contributed by atoms with van der Waals surface area (Å²) < 4.78 is 13.2. The fraction of sp³-hybridized carbons (Fsp3) is 0.571. The molecule has 1 aromatic carbocycles. The first-order valence-corrected chi connectivity index (χ1v) is 6.68. The molecule has 1 nitrogen and oxygen atoms in total. The third-order valence-electron chi connectivity index (χ3n) is 3.71. The highest BCUT2D eigenvalue weighted by Gasteiger charge is 2.21. The Morgan fingerprint density at radius 2 is 2.24 bits per heavy atom. The molecule has 1 aliphatic rings. The van der Waals surface area contributed by atoms with Crippen molar-refractivity contribution < 1.29 is 4.39 Å². The van der Waals surface area contributed by atoms with Crippen LogP contribution < -0.4 is 5.32 Å². The maximum atomic E-state index is 13.2. The predicted molar refractivity (Wildman–Crippen MR) is 69.9 cm³/mol. The van der Waals surface area contributed by atoms with Crippen molar-refractivity contribution in [2.75, 3.05) is 7.05 Å². The fourth-order valence-corrected chi connectivity index (χ4v) is 2.94. The minimum atomic E-state index is -0.189. The van der Waals surface area contributed by atoms with Gasteiger partial charge in [0, 0.05) is 11.1 Å². The fourth-order valence-electron chi connectivity index (χ4n) is 2.75. The minimum absolute atomic E-state index is 0.189. The maximum absolute atomic E-state index is 13.2. The Bertz CT molecular complexity index is 380. The number of halogens is 2. The summed E-state index contributed by atoms with van der Waals surface area (Å²) in [6.07, 6.45) is 5.80. The average Bonchev–Trinajstić information content (AvgIpc) is 2.34. The Kier molecular flexibility index (Phi) is 4.41. The van der Waals surface area contributed by atoms with Gasteiger partial charge in [0.2, 0.25) is 0 Å². The lowest BCUT2D eigenvalue weighted by Crippen LogP contribution is -2.31. The van der Waals surface area contributed by atoms with Crippen LogP contribution in [0.2, 0.25) is 5.02 Å². The molecule has 0 spiro atoms. The van der Waals surface area contributed by atoms with E-state index in [-0.39, 0.29) is 5.82 Å². The molecular formula is C14H19ClFN. The van der Waals surface area contributed by atoms with Gasteiger partial charge in [-0.1, -0.05) is 24.4 Å². The second kappa shape index (κ2) is 5.83. The van der Waals surface area contributed by atoms with Gasteiger partial charge < -0.3 is 5.32 Å². The second-order valence-corrected chi connectivity index (χ2v) is 5.37. The third kappa shape index (κ3) is 3.43. The zero-order chi connectivity index (χ0) is 12.3. The van der Waals surface area contributed by atoms with Crippen LogP contribution in [0.15, 0.2) is 18.2 Å². The molecule has 1 N–H and O–H groups in total. The molecule has 0 bridgehead atoms. The van der Waals surface area contributed by atoms with Crippen molar-refractivity contribution in [1.29, 1.82) is 0 Å². The van der Waals surface area contributed by atoms with Gasteiger partial charge in [-0.25, -0.2) is 4.39 Å². The van der Waals surface area contributed by atoms with E-state index in [1.54, 1.807) is 12.1 Å².